The van der Waals surface area contributed by atoms with Gasteiger partial charge in [-0.1, -0.05) is 15.9 Å². The standard InChI is InChI=1S/C9H10BrFN2O4S/c1-17-9(14)8(10)5-13-18(15,16)7-2-6(11)3-12-4-7/h2-4,8,13H,5H2,1H3. The molecule has 0 radical (unpaired) electrons. The van der Waals surface area contributed by atoms with Gasteiger partial charge in [-0.25, -0.2) is 17.5 Å². The first-order valence-corrected chi connectivity index (χ1v) is 7.09. The van der Waals surface area contributed by atoms with Crippen molar-refractivity contribution in [2.24, 2.45) is 0 Å². The van der Waals surface area contributed by atoms with Crippen molar-refractivity contribution in [2.45, 2.75) is 9.72 Å². The Kier molecular flexibility index (Phi) is 5.17. The molecule has 0 aliphatic heterocycles. The van der Waals surface area contributed by atoms with Crippen molar-refractivity contribution in [3.05, 3.63) is 24.3 Å². The van der Waals surface area contributed by atoms with E-state index in [0.717, 1.165) is 18.5 Å². The SMILES string of the molecule is COC(=O)C(Br)CNS(=O)(=O)c1cncc(F)c1. The van der Waals surface area contributed by atoms with Gasteiger partial charge < -0.3 is 4.74 Å². The molecule has 1 N–H and O–H groups in total. The second-order valence-corrected chi connectivity index (χ2v) is 6.05. The average molecular weight is 341 g/mol. The third kappa shape index (κ3) is 4.00. The van der Waals surface area contributed by atoms with E-state index in [1.54, 1.807) is 0 Å². The second-order valence-electron chi connectivity index (χ2n) is 3.18. The van der Waals surface area contributed by atoms with Gasteiger partial charge >= 0.3 is 5.97 Å². The summed E-state index contributed by atoms with van der Waals surface area (Å²) in [4.78, 5) is 13.3. The topological polar surface area (TPSA) is 85.4 Å². The average Bonchev–Trinajstić information content (AvgIpc) is 2.35. The quantitative estimate of drug-likeness (QED) is 0.620. The Bertz CT molecular complexity index is 537. The molecule has 1 rings (SSSR count). The van der Waals surface area contributed by atoms with Crippen molar-refractivity contribution >= 4 is 31.9 Å². The zero-order valence-corrected chi connectivity index (χ0v) is 11.7. The molecule has 1 aromatic rings. The molecule has 100 valence electrons. The number of halogens is 2. The summed E-state index contributed by atoms with van der Waals surface area (Å²) in [7, 11) is -2.73. The number of nitrogens with zero attached hydrogens (tertiary/aromatic N) is 1. The van der Waals surface area contributed by atoms with Gasteiger partial charge in [-0.2, -0.15) is 0 Å². The Morgan fingerprint density at radius 2 is 2.28 bits per heavy atom. The fourth-order valence-corrected chi connectivity index (χ4v) is 2.60. The summed E-state index contributed by atoms with van der Waals surface area (Å²) in [5.74, 6) is -1.38. The highest BCUT2D eigenvalue weighted by Crippen LogP contribution is 2.09. The van der Waals surface area contributed by atoms with Gasteiger partial charge in [-0.05, 0) is 6.07 Å². The zero-order valence-electron chi connectivity index (χ0n) is 9.26. The van der Waals surface area contributed by atoms with E-state index in [1.807, 2.05) is 0 Å². The lowest BCUT2D eigenvalue weighted by Crippen LogP contribution is -2.34. The van der Waals surface area contributed by atoms with Gasteiger partial charge in [0.2, 0.25) is 10.0 Å². The van der Waals surface area contributed by atoms with Crippen molar-refractivity contribution in [3.8, 4) is 0 Å². The number of sulfonamides is 1. The number of carbonyl (C=O) groups is 1. The van der Waals surface area contributed by atoms with Crippen LogP contribution in [0.15, 0.2) is 23.4 Å². The first kappa shape index (κ1) is 15.0. The molecule has 0 fully saturated rings. The molecular formula is C9H10BrFN2O4S. The first-order chi connectivity index (χ1) is 8.36. The summed E-state index contributed by atoms with van der Waals surface area (Å²) in [6.07, 6.45) is 1.90. The molecule has 1 unspecified atom stereocenters. The summed E-state index contributed by atoms with van der Waals surface area (Å²) < 4.78 is 42.8. The maximum Gasteiger partial charge on any atom is 0.320 e. The molecule has 6 nitrogen and oxygen atoms in total. The lowest BCUT2D eigenvalue weighted by Gasteiger charge is -2.09. The second kappa shape index (κ2) is 6.21. The summed E-state index contributed by atoms with van der Waals surface area (Å²) in [6, 6.07) is 0.830. The molecule has 1 aromatic heterocycles. The molecule has 0 spiro atoms. The minimum absolute atomic E-state index is 0.217. The number of rotatable bonds is 5. The number of pyridine rings is 1. The predicted octanol–water partition coefficient (Wildman–Crippen LogP) is 0.435. The highest BCUT2D eigenvalue weighted by Gasteiger charge is 2.20. The van der Waals surface area contributed by atoms with Gasteiger partial charge in [0.05, 0.1) is 13.3 Å². The first-order valence-electron chi connectivity index (χ1n) is 4.69. The molecule has 0 amide bonds. The molecule has 1 atom stereocenters. The Hall–Kier alpha value is -1.06. The fraction of sp³-hybridized carbons (Fsp3) is 0.333. The maximum absolute atomic E-state index is 12.8. The lowest BCUT2D eigenvalue weighted by atomic mass is 10.4. The number of ether oxygens (including phenoxy) is 1. The van der Waals surface area contributed by atoms with Gasteiger partial charge in [0, 0.05) is 12.7 Å². The predicted molar refractivity (Wildman–Crippen MR) is 64.1 cm³/mol. The van der Waals surface area contributed by atoms with Gasteiger partial charge in [-0.15, -0.1) is 0 Å². The van der Waals surface area contributed by atoms with E-state index in [2.05, 4.69) is 30.4 Å². The third-order valence-corrected chi connectivity index (χ3v) is 3.99. The Morgan fingerprint density at radius 1 is 1.61 bits per heavy atom. The van der Waals surface area contributed by atoms with Crippen LogP contribution in [0.3, 0.4) is 0 Å². The molecule has 0 saturated heterocycles. The molecule has 1 heterocycles. The van der Waals surface area contributed by atoms with Crippen LogP contribution in [-0.4, -0.2) is 37.9 Å². The van der Waals surface area contributed by atoms with E-state index in [-0.39, 0.29) is 11.4 Å². The van der Waals surface area contributed by atoms with Gasteiger partial charge in [0.15, 0.2) is 0 Å². The lowest BCUT2D eigenvalue weighted by molar-refractivity contribution is -0.139. The zero-order chi connectivity index (χ0) is 13.8. The van der Waals surface area contributed by atoms with Crippen LogP contribution in [0, 0.1) is 5.82 Å². The molecule has 0 aromatic carbocycles. The van der Waals surface area contributed by atoms with Crippen LogP contribution in [0.2, 0.25) is 0 Å². The molecule has 9 heteroatoms. The molecule has 18 heavy (non-hydrogen) atoms. The van der Waals surface area contributed by atoms with Crippen molar-refractivity contribution in [2.75, 3.05) is 13.7 Å². The van der Waals surface area contributed by atoms with Crippen LogP contribution in [0.1, 0.15) is 0 Å². The normalized spacial score (nSPS) is 13.1. The van der Waals surface area contributed by atoms with Gasteiger partial charge in [-0.3, -0.25) is 9.78 Å². The number of nitrogens with one attached hydrogen (secondary N) is 1. The van der Waals surface area contributed by atoms with E-state index in [1.165, 1.54) is 7.11 Å². The van der Waals surface area contributed by atoms with Crippen LogP contribution < -0.4 is 4.72 Å². The third-order valence-electron chi connectivity index (χ3n) is 1.90. The largest absolute Gasteiger partial charge is 0.468 e. The number of methoxy groups -OCH3 is 1. The van der Waals surface area contributed by atoms with Crippen LogP contribution in [-0.2, 0) is 19.6 Å². The number of carbonyl (C=O) groups excluding carboxylic acids is 1. The monoisotopic (exact) mass is 340 g/mol. The highest BCUT2D eigenvalue weighted by molar-refractivity contribution is 9.10. The summed E-state index contributed by atoms with van der Waals surface area (Å²) in [6.45, 7) is -0.217. The smallest absolute Gasteiger partial charge is 0.320 e. The van der Waals surface area contributed by atoms with E-state index >= 15 is 0 Å². The summed E-state index contributed by atoms with van der Waals surface area (Å²) >= 11 is 2.95. The number of alkyl halides is 1. The van der Waals surface area contributed by atoms with Crippen molar-refractivity contribution in [1.82, 2.24) is 9.71 Å². The highest BCUT2D eigenvalue weighted by atomic mass is 79.9. The van der Waals surface area contributed by atoms with Crippen molar-refractivity contribution in [1.29, 1.82) is 0 Å². The molecule has 0 aliphatic carbocycles. The number of hydrogen-bond acceptors (Lipinski definition) is 5. The van der Waals surface area contributed by atoms with E-state index in [4.69, 9.17) is 0 Å². The summed E-state index contributed by atoms with van der Waals surface area (Å²) in [5, 5.41) is 0. The summed E-state index contributed by atoms with van der Waals surface area (Å²) in [5.41, 5.74) is 0. The minimum Gasteiger partial charge on any atom is -0.468 e. The van der Waals surface area contributed by atoms with Crippen LogP contribution in [0.25, 0.3) is 0 Å². The number of hydrogen-bond donors (Lipinski definition) is 1. The van der Waals surface area contributed by atoms with E-state index in [0.29, 0.717) is 0 Å². The van der Waals surface area contributed by atoms with Crippen LogP contribution in [0.4, 0.5) is 4.39 Å². The Labute approximate surface area is 112 Å². The van der Waals surface area contributed by atoms with Crippen LogP contribution >= 0.6 is 15.9 Å². The molecule has 0 saturated carbocycles. The van der Waals surface area contributed by atoms with Crippen molar-refractivity contribution < 1.29 is 22.3 Å². The van der Waals surface area contributed by atoms with E-state index < -0.39 is 26.6 Å². The Morgan fingerprint density at radius 3 is 2.83 bits per heavy atom. The van der Waals surface area contributed by atoms with Gasteiger partial charge in [0.25, 0.3) is 0 Å². The van der Waals surface area contributed by atoms with Gasteiger partial charge in [0.1, 0.15) is 15.5 Å². The maximum atomic E-state index is 12.8. The van der Waals surface area contributed by atoms with E-state index in [9.17, 15) is 17.6 Å². The van der Waals surface area contributed by atoms with Crippen LogP contribution in [0.5, 0.6) is 0 Å². The number of aromatic nitrogens is 1. The molecular weight excluding hydrogens is 331 g/mol. The Balaban J connectivity index is 2.75. The number of esters is 1. The molecule has 0 aliphatic rings. The minimum atomic E-state index is -3.91. The fourth-order valence-electron chi connectivity index (χ4n) is 1.02. The molecule has 0 bridgehead atoms. The van der Waals surface area contributed by atoms with Crippen molar-refractivity contribution in [3.63, 3.8) is 0 Å².